The van der Waals surface area contributed by atoms with E-state index in [4.69, 9.17) is 4.74 Å². The van der Waals surface area contributed by atoms with E-state index in [1.54, 1.807) is 0 Å². The van der Waals surface area contributed by atoms with Crippen LogP contribution in [0.3, 0.4) is 0 Å². The zero-order chi connectivity index (χ0) is 47.4. The molecule has 0 aliphatic heterocycles. The summed E-state index contributed by atoms with van der Waals surface area (Å²) in [4.78, 5) is 26.2. The number of carbonyl (C=O) groups excluding carboxylic acids is 2. The van der Waals surface area contributed by atoms with E-state index in [1.165, 1.54) is 135 Å². The molecule has 0 radical (unpaired) electrons. The fourth-order valence-corrected chi connectivity index (χ4v) is 8.16. The minimum atomic E-state index is -0.801. The van der Waals surface area contributed by atoms with Crippen molar-refractivity contribution in [2.75, 3.05) is 6.61 Å². The molecular weight excluding hydrogens is 803 g/mol. The van der Waals surface area contributed by atoms with Crippen molar-refractivity contribution in [3.63, 3.8) is 0 Å². The lowest BCUT2D eigenvalue weighted by molar-refractivity contribution is -0.150. The number of hydrogen-bond donors (Lipinski definition) is 3. The zero-order valence-corrected chi connectivity index (χ0v) is 42.9. The molecule has 3 unspecified atom stereocenters. The van der Waals surface area contributed by atoms with Crippen LogP contribution in [-0.2, 0) is 14.3 Å². The van der Waals surface area contributed by atoms with E-state index in [-0.39, 0.29) is 31.3 Å². The third-order valence-corrected chi connectivity index (χ3v) is 12.3. The Bertz CT molecular complexity index is 1200. The van der Waals surface area contributed by atoms with Gasteiger partial charge in [-0.25, -0.2) is 0 Å². The highest BCUT2D eigenvalue weighted by Gasteiger charge is 2.24. The van der Waals surface area contributed by atoms with Crippen LogP contribution in [-0.4, -0.2) is 46.9 Å². The molecule has 0 aromatic heterocycles. The molecule has 0 rings (SSSR count). The Balaban J connectivity index is 4.67. The van der Waals surface area contributed by atoms with E-state index in [9.17, 15) is 19.8 Å². The second kappa shape index (κ2) is 52.3. The molecule has 0 aromatic rings. The predicted molar refractivity (Wildman–Crippen MR) is 282 cm³/mol. The molecule has 0 fully saturated rings. The highest BCUT2D eigenvalue weighted by molar-refractivity contribution is 5.77. The van der Waals surface area contributed by atoms with Crippen molar-refractivity contribution in [2.45, 2.75) is 283 Å². The standard InChI is InChI=1S/C59H105NO5/c1-4-7-10-13-16-19-22-25-27-28-29-30-31-34-37-40-43-46-49-52-59(64)65-55(50-47-44-41-38-35-33-26-23-20-17-14-11-8-5-2)53-58(63)60-56(54-61)57(62)51-48-45-42-39-36-32-24-21-18-15-12-9-6-3/h7,10,16,19,25,27,29-30,34,37,43,46,55-57,61-62H,4-6,8-9,11-15,17-18,20-24,26,28,31-33,35-36,38-42,44-45,47-54H2,1-3H3,(H,60,63)/b10-7-,19-16-,27-25-,30-29-,37-34-,46-43-. The number of aliphatic hydroxyl groups is 2. The van der Waals surface area contributed by atoms with Crippen LogP contribution in [0.25, 0.3) is 0 Å². The first-order valence-corrected chi connectivity index (χ1v) is 27.7. The van der Waals surface area contributed by atoms with Crippen LogP contribution < -0.4 is 5.32 Å². The van der Waals surface area contributed by atoms with Gasteiger partial charge in [0.25, 0.3) is 0 Å². The lowest BCUT2D eigenvalue weighted by atomic mass is 10.0. The maximum Gasteiger partial charge on any atom is 0.306 e. The Morgan fingerprint density at radius 1 is 0.462 bits per heavy atom. The van der Waals surface area contributed by atoms with Gasteiger partial charge in [-0.2, -0.15) is 0 Å². The van der Waals surface area contributed by atoms with Gasteiger partial charge in [-0.05, 0) is 64.2 Å². The molecule has 65 heavy (non-hydrogen) atoms. The fourth-order valence-electron chi connectivity index (χ4n) is 8.16. The molecule has 376 valence electrons. The number of nitrogens with one attached hydrogen (secondary N) is 1. The number of ether oxygens (including phenoxy) is 1. The van der Waals surface area contributed by atoms with Crippen molar-refractivity contribution >= 4 is 11.9 Å². The topological polar surface area (TPSA) is 95.9 Å². The van der Waals surface area contributed by atoms with Crippen molar-refractivity contribution in [2.24, 2.45) is 0 Å². The molecule has 1 amide bonds. The van der Waals surface area contributed by atoms with Gasteiger partial charge < -0.3 is 20.3 Å². The first-order valence-electron chi connectivity index (χ1n) is 27.7. The van der Waals surface area contributed by atoms with Crippen LogP contribution in [0.2, 0.25) is 0 Å². The number of allylic oxidation sites excluding steroid dienone is 12. The number of unbranched alkanes of at least 4 members (excludes halogenated alkanes) is 25. The second-order valence-electron chi connectivity index (χ2n) is 18.6. The summed E-state index contributed by atoms with van der Waals surface area (Å²) in [7, 11) is 0. The van der Waals surface area contributed by atoms with E-state index in [2.05, 4.69) is 92.9 Å². The first-order chi connectivity index (χ1) is 32.0. The SMILES string of the molecule is CC/C=C\C/C=C\C/C=C\C/C=C\C/C=C\C/C=C\CCC(=O)OC(CCCCCCCCCCCCCCCC)CC(=O)NC(CO)C(O)CCCCCCCCCCCCCCC. The van der Waals surface area contributed by atoms with Crippen molar-refractivity contribution in [1.29, 1.82) is 0 Å². The van der Waals surface area contributed by atoms with Crippen LogP contribution in [0.15, 0.2) is 72.9 Å². The molecule has 6 nitrogen and oxygen atoms in total. The average Bonchev–Trinajstić information content (AvgIpc) is 3.30. The Morgan fingerprint density at radius 3 is 1.17 bits per heavy atom. The number of carbonyl (C=O) groups is 2. The molecule has 0 saturated heterocycles. The first kappa shape index (κ1) is 62.3. The molecule has 3 N–H and O–H groups in total. The van der Waals surface area contributed by atoms with Gasteiger partial charge in [-0.15, -0.1) is 0 Å². The van der Waals surface area contributed by atoms with E-state index in [0.717, 1.165) is 77.0 Å². The maximum atomic E-state index is 13.2. The van der Waals surface area contributed by atoms with Crippen molar-refractivity contribution in [3.05, 3.63) is 72.9 Å². The van der Waals surface area contributed by atoms with Gasteiger partial charge in [0.15, 0.2) is 0 Å². The van der Waals surface area contributed by atoms with Crippen LogP contribution in [0.4, 0.5) is 0 Å². The largest absolute Gasteiger partial charge is 0.462 e. The Labute approximate surface area is 402 Å². The monoisotopic (exact) mass is 908 g/mol. The van der Waals surface area contributed by atoms with Crippen LogP contribution in [0, 0.1) is 0 Å². The molecule has 0 aliphatic carbocycles. The van der Waals surface area contributed by atoms with E-state index in [1.807, 2.05) is 6.08 Å². The summed E-state index contributed by atoms with van der Waals surface area (Å²) in [6, 6.07) is -0.717. The summed E-state index contributed by atoms with van der Waals surface area (Å²) >= 11 is 0. The number of esters is 1. The van der Waals surface area contributed by atoms with E-state index < -0.39 is 18.2 Å². The van der Waals surface area contributed by atoms with Crippen LogP contribution in [0.5, 0.6) is 0 Å². The third kappa shape index (κ3) is 47.6. The van der Waals surface area contributed by atoms with Gasteiger partial charge >= 0.3 is 5.97 Å². The average molecular weight is 908 g/mol. The summed E-state index contributed by atoms with van der Waals surface area (Å²) in [5.41, 5.74) is 0. The maximum absolute atomic E-state index is 13.2. The minimum Gasteiger partial charge on any atom is -0.462 e. The predicted octanol–water partition coefficient (Wildman–Crippen LogP) is 17.0. The third-order valence-electron chi connectivity index (χ3n) is 12.3. The highest BCUT2D eigenvalue weighted by Crippen LogP contribution is 2.18. The molecule has 0 saturated carbocycles. The van der Waals surface area contributed by atoms with Gasteiger partial charge in [-0.3, -0.25) is 9.59 Å². The molecule has 0 bridgehead atoms. The van der Waals surface area contributed by atoms with E-state index >= 15 is 0 Å². The van der Waals surface area contributed by atoms with Crippen molar-refractivity contribution < 1.29 is 24.5 Å². The summed E-state index contributed by atoms with van der Waals surface area (Å²) in [5, 5.41) is 23.8. The van der Waals surface area contributed by atoms with Crippen molar-refractivity contribution in [1.82, 2.24) is 5.32 Å². The zero-order valence-electron chi connectivity index (χ0n) is 42.9. The molecule has 0 heterocycles. The summed E-state index contributed by atoms with van der Waals surface area (Å²) in [5.74, 6) is -0.567. The fraction of sp³-hybridized carbons (Fsp3) is 0.763. The summed E-state index contributed by atoms with van der Waals surface area (Å²) < 4.78 is 5.91. The Kier molecular flexibility index (Phi) is 50.1. The lowest BCUT2D eigenvalue weighted by Crippen LogP contribution is -2.46. The smallest absolute Gasteiger partial charge is 0.306 e. The van der Waals surface area contributed by atoms with Crippen LogP contribution in [0.1, 0.15) is 265 Å². The molecule has 0 spiro atoms. The van der Waals surface area contributed by atoms with Gasteiger partial charge in [0.2, 0.25) is 5.91 Å². The van der Waals surface area contributed by atoms with Gasteiger partial charge in [-0.1, -0.05) is 261 Å². The van der Waals surface area contributed by atoms with Gasteiger partial charge in [0, 0.05) is 6.42 Å². The molecule has 6 heteroatoms. The molecule has 0 aromatic carbocycles. The number of amides is 1. The minimum absolute atomic E-state index is 0.0477. The number of aliphatic hydroxyl groups excluding tert-OH is 2. The number of hydrogen-bond acceptors (Lipinski definition) is 5. The normalized spacial score (nSPS) is 13.7. The van der Waals surface area contributed by atoms with Gasteiger partial charge in [0.1, 0.15) is 6.10 Å². The van der Waals surface area contributed by atoms with Crippen LogP contribution >= 0.6 is 0 Å². The lowest BCUT2D eigenvalue weighted by Gasteiger charge is -2.24. The summed E-state index contributed by atoms with van der Waals surface area (Å²) in [6.07, 6.45) is 66.8. The Morgan fingerprint density at radius 2 is 0.800 bits per heavy atom. The highest BCUT2D eigenvalue weighted by atomic mass is 16.5. The van der Waals surface area contributed by atoms with Gasteiger partial charge in [0.05, 0.1) is 25.2 Å². The molecule has 0 aliphatic rings. The second-order valence-corrected chi connectivity index (χ2v) is 18.6. The molecule has 3 atom stereocenters. The number of rotatable bonds is 49. The van der Waals surface area contributed by atoms with E-state index in [0.29, 0.717) is 19.3 Å². The van der Waals surface area contributed by atoms with Crippen molar-refractivity contribution in [3.8, 4) is 0 Å². The summed E-state index contributed by atoms with van der Waals surface area (Å²) in [6.45, 7) is 6.37. The quantitative estimate of drug-likeness (QED) is 0.0321. The molecular formula is C59H105NO5. The Hall–Kier alpha value is -2.70.